The van der Waals surface area contributed by atoms with E-state index in [1.54, 1.807) is 0 Å². The molecule has 0 bridgehead atoms. The zero-order valence-corrected chi connectivity index (χ0v) is 18.9. The van der Waals surface area contributed by atoms with E-state index < -0.39 is 28.7 Å². The second-order valence-corrected chi connectivity index (χ2v) is 9.57. The van der Waals surface area contributed by atoms with Crippen molar-refractivity contribution in [3.63, 3.8) is 0 Å². The van der Waals surface area contributed by atoms with Crippen LogP contribution in [0.15, 0.2) is 60.8 Å². The van der Waals surface area contributed by atoms with Crippen molar-refractivity contribution in [3.8, 4) is 0 Å². The Morgan fingerprint density at radius 2 is 1.88 bits per heavy atom. The van der Waals surface area contributed by atoms with E-state index in [0.717, 1.165) is 23.0 Å². The molecule has 7 heteroatoms. The van der Waals surface area contributed by atoms with Gasteiger partial charge in [0.25, 0.3) is 5.60 Å². The van der Waals surface area contributed by atoms with Crippen molar-refractivity contribution < 1.29 is 23.8 Å². The lowest BCUT2D eigenvalue weighted by molar-refractivity contribution is -0.178. The van der Waals surface area contributed by atoms with Gasteiger partial charge in [-0.25, -0.2) is 9.59 Å². The molecule has 6 rings (SSSR count). The molecule has 0 unspecified atom stereocenters. The highest BCUT2D eigenvalue weighted by Gasteiger charge is 2.93. The third-order valence-electron chi connectivity index (χ3n) is 7.73. The van der Waals surface area contributed by atoms with Crippen LogP contribution in [0.2, 0.25) is 0 Å². The Kier molecular flexibility index (Phi) is 4.14. The normalized spacial score (nSPS) is 32.8. The van der Waals surface area contributed by atoms with E-state index in [9.17, 15) is 9.59 Å². The first-order valence-corrected chi connectivity index (χ1v) is 11.2. The molecule has 2 aromatic carbocycles. The van der Waals surface area contributed by atoms with Crippen LogP contribution in [0.1, 0.15) is 30.5 Å². The van der Waals surface area contributed by atoms with Gasteiger partial charge in [-0.2, -0.15) is 0 Å². The zero-order valence-electron chi connectivity index (χ0n) is 18.9. The van der Waals surface area contributed by atoms with Crippen LogP contribution in [-0.2, 0) is 30.3 Å². The predicted octanol–water partition coefficient (Wildman–Crippen LogP) is 3.06. The number of benzene rings is 2. The summed E-state index contributed by atoms with van der Waals surface area (Å²) in [5, 5.41) is 1.15. The Bertz CT molecular complexity index is 1290. The van der Waals surface area contributed by atoms with Gasteiger partial charge in [0.15, 0.2) is 11.2 Å². The number of aromatic nitrogens is 1. The molecule has 4 heterocycles. The summed E-state index contributed by atoms with van der Waals surface area (Å²) in [6.07, 6.45) is 2.65. The maximum Gasteiger partial charge on any atom is 0.354 e. The lowest BCUT2D eigenvalue weighted by atomic mass is 9.73. The minimum Gasteiger partial charge on any atom is -0.466 e. The molecule has 33 heavy (non-hydrogen) atoms. The molecule has 0 aliphatic carbocycles. The van der Waals surface area contributed by atoms with Gasteiger partial charge in [0.1, 0.15) is 0 Å². The molecule has 7 nitrogen and oxygen atoms in total. The number of carbonyl (C=O) groups excluding carboxylic acids is 2. The average Bonchev–Trinajstić information content (AvgIpc) is 3.32. The monoisotopic (exact) mass is 446 g/mol. The highest BCUT2D eigenvalue weighted by atomic mass is 16.7. The summed E-state index contributed by atoms with van der Waals surface area (Å²) in [6, 6.07) is 18.6. The van der Waals surface area contributed by atoms with Gasteiger partial charge in [0.2, 0.25) is 0 Å². The number of likely N-dealkylation sites (tertiary alicyclic amines) is 1. The third kappa shape index (κ3) is 2.52. The van der Waals surface area contributed by atoms with Crippen molar-refractivity contribution in [2.75, 3.05) is 20.7 Å². The number of hydrogen-bond donors (Lipinski definition) is 0. The first kappa shape index (κ1) is 20.4. The number of para-hydroxylation sites is 1. The van der Waals surface area contributed by atoms with Crippen LogP contribution in [0.3, 0.4) is 0 Å². The van der Waals surface area contributed by atoms with Crippen LogP contribution >= 0.6 is 0 Å². The highest BCUT2D eigenvalue weighted by molar-refractivity contribution is 6.11. The number of piperidine rings is 1. The molecular weight excluding hydrogens is 420 g/mol. The molecule has 0 radical (unpaired) electrons. The Morgan fingerprint density at radius 3 is 2.64 bits per heavy atom. The second-order valence-electron chi connectivity index (χ2n) is 9.57. The predicted molar refractivity (Wildman–Crippen MR) is 121 cm³/mol. The van der Waals surface area contributed by atoms with Gasteiger partial charge in [-0.15, -0.1) is 0 Å². The van der Waals surface area contributed by atoms with Gasteiger partial charge in [-0.05, 0) is 31.2 Å². The van der Waals surface area contributed by atoms with Crippen molar-refractivity contribution in [1.82, 2.24) is 9.47 Å². The Hall–Kier alpha value is -3.16. The molecule has 170 valence electrons. The van der Waals surface area contributed by atoms with E-state index >= 15 is 0 Å². The van der Waals surface area contributed by atoms with Gasteiger partial charge >= 0.3 is 11.9 Å². The van der Waals surface area contributed by atoms with Crippen molar-refractivity contribution in [3.05, 3.63) is 71.9 Å². The molecule has 3 fully saturated rings. The smallest absolute Gasteiger partial charge is 0.354 e. The third-order valence-corrected chi connectivity index (χ3v) is 7.73. The standard InChI is InChI=1S/C26H26N2O5/c1-24-16-27(2)21(13-25(24)26(33-25,22(29)31-3)23(30)32-24)19-15-28(14-17-9-5-4-6-10-17)20-12-8-7-11-18(19)20/h4-12,15,21H,13-14,16H2,1-3H3/t21-,24+,25-,26+/m0/s1. The van der Waals surface area contributed by atoms with E-state index in [-0.39, 0.29) is 6.04 Å². The van der Waals surface area contributed by atoms with Crippen LogP contribution in [0.4, 0.5) is 0 Å². The van der Waals surface area contributed by atoms with E-state index in [2.05, 4.69) is 39.9 Å². The molecule has 3 aliphatic rings. The van der Waals surface area contributed by atoms with Gasteiger partial charge in [-0.1, -0.05) is 48.5 Å². The number of nitrogens with zero attached hydrogens (tertiary/aromatic N) is 2. The van der Waals surface area contributed by atoms with Crippen molar-refractivity contribution in [1.29, 1.82) is 0 Å². The van der Waals surface area contributed by atoms with Gasteiger partial charge in [-0.3, -0.25) is 4.90 Å². The van der Waals surface area contributed by atoms with E-state index in [1.807, 2.05) is 44.3 Å². The number of epoxide rings is 1. The van der Waals surface area contributed by atoms with Crippen LogP contribution in [0.25, 0.3) is 10.9 Å². The summed E-state index contributed by atoms with van der Waals surface area (Å²) in [5.74, 6) is -1.32. The van der Waals surface area contributed by atoms with Crippen LogP contribution in [0.5, 0.6) is 0 Å². The molecule has 0 saturated carbocycles. The van der Waals surface area contributed by atoms with Crippen LogP contribution in [-0.4, -0.2) is 58.9 Å². The van der Waals surface area contributed by atoms with E-state index in [1.165, 1.54) is 12.7 Å². The number of ether oxygens (including phenoxy) is 3. The molecule has 3 saturated heterocycles. The number of carbonyl (C=O) groups is 2. The minimum atomic E-state index is -1.65. The minimum absolute atomic E-state index is 0.0546. The fourth-order valence-electron chi connectivity index (χ4n) is 6.09. The lowest BCUT2D eigenvalue weighted by Gasteiger charge is -2.44. The van der Waals surface area contributed by atoms with Gasteiger partial charge in [0, 0.05) is 42.7 Å². The van der Waals surface area contributed by atoms with Crippen molar-refractivity contribution in [2.24, 2.45) is 0 Å². The first-order chi connectivity index (χ1) is 15.8. The largest absolute Gasteiger partial charge is 0.466 e. The number of hydrogen-bond acceptors (Lipinski definition) is 6. The fourth-order valence-corrected chi connectivity index (χ4v) is 6.09. The Balaban J connectivity index is 1.43. The Morgan fingerprint density at radius 1 is 1.15 bits per heavy atom. The SMILES string of the molecule is COC(=O)[C@]12O[C@]13C[C@@H](c1cn(Cc4ccccc4)c4ccccc14)N(C)C[C@@]3(C)OC2=O. The molecule has 3 aliphatic heterocycles. The summed E-state index contributed by atoms with van der Waals surface area (Å²) in [5.41, 5.74) is -0.0775. The summed E-state index contributed by atoms with van der Waals surface area (Å²) < 4.78 is 19.0. The number of methoxy groups -OCH3 is 1. The summed E-state index contributed by atoms with van der Waals surface area (Å²) in [4.78, 5) is 27.7. The molecular formula is C26H26N2O5. The first-order valence-electron chi connectivity index (χ1n) is 11.2. The molecule has 0 N–H and O–H groups in total. The number of rotatable bonds is 4. The molecule has 4 atom stereocenters. The topological polar surface area (TPSA) is 73.3 Å². The maximum absolute atomic E-state index is 12.8. The lowest BCUT2D eigenvalue weighted by Crippen LogP contribution is -2.57. The molecule has 1 aromatic heterocycles. The number of fused-ring (bicyclic) bond motifs is 1. The quantitative estimate of drug-likeness (QED) is 0.348. The summed E-state index contributed by atoms with van der Waals surface area (Å²) in [6.45, 7) is 3.07. The number of likely N-dealkylation sites (N-methyl/N-ethyl adjacent to an activating group) is 1. The maximum atomic E-state index is 12.8. The van der Waals surface area contributed by atoms with Crippen molar-refractivity contribution >= 4 is 22.8 Å². The molecule has 0 amide bonds. The summed E-state index contributed by atoms with van der Waals surface area (Å²) >= 11 is 0. The van der Waals surface area contributed by atoms with E-state index in [0.29, 0.717) is 13.0 Å². The summed E-state index contributed by atoms with van der Waals surface area (Å²) in [7, 11) is 3.31. The number of esters is 2. The molecule has 1 spiro atoms. The average molecular weight is 447 g/mol. The highest BCUT2D eigenvalue weighted by Crippen LogP contribution is 2.68. The van der Waals surface area contributed by atoms with Crippen LogP contribution in [0, 0.1) is 0 Å². The van der Waals surface area contributed by atoms with Gasteiger partial charge in [0.05, 0.1) is 7.11 Å². The van der Waals surface area contributed by atoms with Crippen molar-refractivity contribution in [2.45, 2.75) is 42.7 Å². The Labute approximate surface area is 191 Å². The van der Waals surface area contributed by atoms with Crippen LogP contribution < -0.4 is 0 Å². The molecule has 3 aromatic rings. The second kappa shape index (κ2) is 6.68. The van der Waals surface area contributed by atoms with E-state index in [4.69, 9.17) is 14.2 Å². The zero-order chi connectivity index (χ0) is 23.0. The fraction of sp³-hybridized carbons (Fsp3) is 0.385. The van der Waals surface area contributed by atoms with Gasteiger partial charge < -0.3 is 18.8 Å².